The van der Waals surface area contributed by atoms with E-state index in [-0.39, 0.29) is 41.5 Å². The summed E-state index contributed by atoms with van der Waals surface area (Å²) in [6.07, 6.45) is 9.02. The molecule has 0 saturated heterocycles. The van der Waals surface area contributed by atoms with Crippen molar-refractivity contribution in [2.45, 2.75) is 182 Å². The maximum Gasteiger partial charge on any atom is 0.306 e. The van der Waals surface area contributed by atoms with Crippen molar-refractivity contribution in [2.75, 3.05) is 13.2 Å². The number of aliphatic carboxylic acids is 1. The fourth-order valence-electron chi connectivity index (χ4n) is 9.02. The standard InChI is InChI=1S/C31H42N2O5.C27H34N2O5/c1-30(2,3)19-24-18-25(32-37-24)29-27(22-14-15-22)28(33-38-29)23(17-26(34)36-31(4,5)6)13-10-16-35-20-21-11-8-7-9-12-21;1-27(2,3)16-21-15-22(28-33-21)26-24(19-11-12-19)25(29-34-26)20(14-23(30)31)10-7-13-32-17-18-8-5-4-6-9-18/h7-9,11-12,18,22-23H,10,13-17,19-20H2,1-6H3;4-6,8-9,15,19-20H,7,10-14,16-17H2,1-3H3,(H,30,31)/t23-;20-/m00/s1. The van der Waals surface area contributed by atoms with Crippen LogP contribution in [0.3, 0.4) is 0 Å². The van der Waals surface area contributed by atoms with Crippen LogP contribution in [0.1, 0.15) is 195 Å². The lowest BCUT2D eigenvalue weighted by Crippen LogP contribution is -2.25. The maximum absolute atomic E-state index is 12.9. The smallest absolute Gasteiger partial charge is 0.306 e. The first-order chi connectivity index (χ1) is 34.3. The van der Waals surface area contributed by atoms with E-state index in [9.17, 15) is 14.7 Å². The number of ether oxygens (including phenoxy) is 3. The Kier molecular flexibility index (Phi) is 18.2. The fraction of sp³-hybridized carbons (Fsp3) is 0.552. The van der Waals surface area contributed by atoms with Crippen LogP contribution in [0.15, 0.2) is 90.9 Å². The van der Waals surface area contributed by atoms with Crippen LogP contribution in [0.5, 0.6) is 0 Å². The second-order valence-corrected chi connectivity index (χ2v) is 23.1. The summed E-state index contributed by atoms with van der Waals surface area (Å²) in [5.41, 5.74) is 6.88. The van der Waals surface area contributed by atoms with Gasteiger partial charge in [0.25, 0.3) is 0 Å². The van der Waals surface area contributed by atoms with Gasteiger partial charge in [0.1, 0.15) is 17.1 Å². The molecule has 14 heteroatoms. The number of benzene rings is 2. The van der Waals surface area contributed by atoms with Gasteiger partial charge in [-0.1, -0.05) is 123 Å². The third kappa shape index (κ3) is 16.9. The topological polar surface area (TPSA) is 186 Å². The molecule has 2 aliphatic carbocycles. The molecule has 6 aromatic rings. The van der Waals surface area contributed by atoms with Crippen molar-refractivity contribution < 1.29 is 47.0 Å². The second kappa shape index (κ2) is 24.2. The zero-order valence-electron chi connectivity index (χ0n) is 44.0. The van der Waals surface area contributed by atoms with Gasteiger partial charge in [0.15, 0.2) is 22.9 Å². The summed E-state index contributed by atoms with van der Waals surface area (Å²) in [6, 6.07) is 24.0. The van der Waals surface area contributed by atoms with Crippen molar-refractivity contribution in [1.29, 1.82) is 0 Å². The first-order valence-electron chi connectivity index (χ1n) is 25.9. The van der Waals surface area contributed by atoms with Gasteiger partial charge in [-0.3, -0.25) is 9.59 Å². The molecule has 8 rings (SSSR count). The average Bonchev–Trinajstić information content (AvgIpc) is 4.11. The summed E-state index contributed by atoms with van der Waals surface area (Å²) in [5.74, 6) is 2.20. The second-order valence-electron chi connectivity index (χ2n) is 23.1. The van der Waals surface area contributed by atoms with Gasteiger partial charge in [0, 0.05) is 61.2 Å². The summed E-state index contributed by atoms with van der Waals surface area (Å²) >= 11 is 0. The lowest BCUT2D eigenvalue weighted by atomic mass is 9.89. The Morgan fingerprint density at radius 3 is 1.39 bits per heavy atom. The SMILES string of the molecule is CC(C)(C)Cc1cc(-c2onc([C@@H](CCCOCc3ccccc3)CC(=O)O)c2C2CC2)no1.CC(C)(C)Cc1cc(-c2onc([C@@H](CCCOCc3ccccc3)CC(=O)OC(C)(C)C)c2C2CC2)no1. The van der Waals surface area contributed by atoms with Crippen LogP contribution in [-0.2, 0) is 49.9 Å². The first-order valence-corrected chi connectivity index (χ1v) is 25.9. The van der Waals surface area contributed by atoms with Gasteiger partial charge < -0.3 is 37.4 Å². The van der Waals surface area contributed by atoms with E-state index >= 15 is 0 Å². The van der Waals surface area contributed by atoms with Gasteiger partial charge in [-0.25, -0.2) is 0 Å². The molecule has 0 spiro atoms. The van der Waals surface area contributed by atoms with Crippen LogP contribution in [0.2, 0.25) is 0 Å². The molecule has 2 fully saturated rings. The van der Waals surface area contributed by atoms with Crippen molar-refractivity contribution in [3.63, 3.8) is 0 Å². The molecular formula is C58H76N4O10. The third-order valence-corrected chi connectivity index (χ3v) is 12.4. The molecule has 4 aromatic heterocycles. The van der Waals surface area contributed by atoms with Crippen LogP contribution in [0, 0.1) is 10.8 Å². The number of carbonyl (C=O) groups is 2. The molecule has 388 valence electrons. The number of nitrogens with zero attached hydrogens (tertiary/aromatic N) is 4. The molecule has 0 unspecified atom stereocenters. The summed E-state index contributed by atoms with van der Waals surface area (Å²) in [7, 11) is 0. The van der Waals surface area contributed by atoms with Crippen molar-refractivity contribution in [2.24, 2.45) is 10.8 Å². The van der Waals surface area contributed by atoms with Crippen molar-refractivity contribution in [3.05, 3.63) is 118 Å². The maximum atomic E-state index is 12.9. The lowest BCUT2D eigenvalue weighted by molar-refractivity contribution is -0.155. The molecule has 0 radical (unpaired) electrons. The van der Waals surface area contributed by atoms with Gasteiger partial charge in [0.05, 0.1) is 37.4 Å². The van der Waals surface area contributed by atoms with Crippen molar-refractivity contribution >= 4 is 11.9 Å². The van der Waals surface area contributed by atoms with E-state index in [1.807, 2.05) is 81.4 Å². The predicted molar refractivity (Wildman–Crippen MR) is 273 cm³/mol. The highest BCUT2D eigenvalue weighted by Crippen LogP contribution is 2.50. The zero-order valence-corrected chi connectivity index (χ0v) is 44.0. The highest BCUT2D eigenvalue weighted by molar-refractivity contribution is 5.72. The molecule has 2 aliphatic rings. The summed E-state index contributed by atoms with van der Waals surface area (Å²) in [5, 5.41) is 27.0. The van der Waals surface area contributed by atoms with Gasteiger partial charge >= 0.3 is 11.9 Å². The Labute approximate surface area is 424 Å². The van der Waals surface area contributed by atoms with Crippen LogP contribution in [-0.4, -0.2) is 56.5 Å². The fourth-order valence-corrected chi connectivity index (χ4v) is 9.02. The lowest BCUT2D eigenvalue weighted by Gasteiger charge is -2.22. The number of carbonyl (C=O) groups excluding carboxylic acids is 1. The average molecular weight is 989 g/mol. The zero-order chi connectivity index (χ0) is 51.5. The van der Waals surface area contributed by atoms with Crippen LogP contribution < -0.4 is 0 Å². The summed E-state index contributed by atoms with van der Waals surface area (Å²) in [6.45, 7) is 20.9. The summed E-state index contributed by atoms with van der Waals surface area (Å²) < 4.78 is 40.3. The molecule has 14 nitrogen and oxygen atoms in total. The number of hydrogen-bond acceptors (Lipinski definition) is 13. The molecule has 2 aromatic carbocycles. The van der Waals surface area contributed by atoms with E-state index < -0.39 is 11.6 Å². The quantitative estimate of drug-likeness (QED) is 0.0446. The molecule has 1 N–H and O–H groups in total. The Hall–Kier alpha value is -5.86. The Morgan fingerprint density at radius 1 is 0.597 bits per heavy atom. The monoisotopic (exact) mass is 989 g/mol. The van der Waals surface area contributed by atoms with Crippen LogP contribution in [0.25, 0.3) is 22.9 Å². The largest absolute Gasteiger partial charge is 0.481 e. The molecule has 72 heavy (non-hydrogen) atoms. The van der Waals surface area contributed by atoms with E-state index in [0.29, 0.717) is 67.6 Å². The summed E-state index contributed by atoms with van der Waals surface area (Å²) in [4.78, 5) is 24.5. The highest BCUT2D eigenvalue weighted by atomic mass is 16.6. The highest BCUT2D eigenvalue weighted by Gasteiger charge is 2.39. The number of esters is 1. The van der Waals surface area contributed by atoms with Gasteiger partial charge in [-0.15, -0.1) is 0 Å². The molecule has 2 saturated carbocycles. The number of carboxylic acids is 1. The number of aromatic nitrogens is 4. The number of rotatable bonds is 24. The Balaban J connectivity index is 0.000000213. The molecule has 0 aliphatic heterocycles. The van der Waals surface area contributed by atoms with E-state index in [0.717, 1.165) is 103 Å². The normalized spacial score (nSPS) is 15.0. The van der Waals surface area contributed by atoms with Crippen molar-refractivity contribution in [1.82, 2.24) is 20.6 Å². The molecular weight excluding hydrogens is 913 g/mol. The number of carboxylic acid groups (broad SMARTS) is 1. The van der Waals surface area contributed by atoms with Crippen molar-refractivity contribution in [3.8, 4) is 22.9 Å². The first kappa shape index (κ1) is 53.9. The van der Waals surface area contributed by atoms with E-state index in [4.69, 9.17) is 32.3 Å². The minimum Gasteiger partial charge on any atom is -0.481 e. The van der Waals surface area contributed by atoms with E-state index in [1.54, 1.807) is 0 Å². The Bertz CT molecular complexity index is 2620. The van der Waals surface area contributed by atoms with Crippen LogP contribution in [0.4, 0.5) is 0 Å². The van der Waals surface area contributed by atoms with E-state index in [2.05, 4.69) is 74.3 Å². The third-order valence-electron chi connectivity index (χ3n) is 12.4. The van der Waals surface area contributed by atoms with Gasteiger partial charge in [-0.2, -0.15) is 0 Å². The van der Waals surface area contributed by atoms with Gasteiger partial charge in [-0.05, 0) is 106 Å². The Morgan fingerprint density at radius 2 is 1.01 bits per heavy atom. The molecule has 0 bridgehead atoms. The van der Waals surface area contributed by atoms with Crippen LogP contribution >= 0.6 is 0 Å². The molecule has 0 amide bonds. The molecule has 4 heterocycles. The predicted octanol–water partition coefficient (Wildman–Crippen LogP) is 14.0. The minimum absolute atomic E-state index is 0.0124. The van der Waals surface area contributed by atoms with E-state index in [1.165, 1.54) is 0 Å². The minimum atomic E-state index is -0.838. The molecule has 2 atom stereocenters. The number of hydrogen-bond donors (Lipinski definition) is 1. The van der Waals surface area contributed by atoms with Gasteiger partial charge in [0.2, 0.25) is 0 Å².